The van der Waals surface area contributed by atoms with Crippen molar-refractivity contribution < 1.29 is 9.59 Å². The lowest BCUT2D eigenvalue weighted by atomic mass is 10.2. The van der Waals surface area contributed by atoms with E-state index in [9.17, 15) is 9.59 Å². The van der Waals surface area contributed by atoms with E-state index in [2.05, 4.69) is 25.8 Å². The Morgan fingerprint density at radius 2 is 1.65 bits per heavy atom. The molecule has 138 valence electrons. The summed E-state index contributed by atoms with van der Waals surface area (Å²) in [7, 11) is 4.08. The van der Waals surface area contributed by atoms with Crippen molar-refractivity contribution in [2.24, 2.45) is 0 Å². The van der Waals surface area contributed by atoms with Gasteiger partial charge in [-0.3, -0.25) is 14.6 Å². The van der Waals surface area contributed by atoms with E-state index in [-0.39, 0.29) is 11.8 Å². The van der Waals surface area contributed by atoms with E-state index in [1.54, 1.807) is 36.5 Å². The van der Waals surface area contributed by atoms with E-state index in [1.807, 2.05) is 20.2 Å². The number of carbonyl (C=O) groups excluding carboxylic acids is 2. The zero-order valence-electron chi connectivity index (χ0n) is 15.4. The molecule has 0 aliphatic heterocycles. The highest BCUT2D eigenvalue weighted by Gasteiger charge is 2.09. The van der Waals surface area contributed by atoms with Gasteiger partial charge in [0.1, 0.15) is 5.69 Å². The van der Waals surface area contributed by atoms with Crippen LogP contribution in [0.5, 0.6) is 0 Å². The minimum absolute atomic E-state index is 0.138. The maximum atomic E-state index is 12.4. The van der Waals surface area contributed by atoms with Crippen LogP contribution in [0.3, 0.4) is 0 Å². The second kappa shape index (κ2) is 9.53. The number of hydrogen-bond donors (Lipinski definition) is 3. The van der Waals surface area contributed by atoms with Crippen molar-refractivity contribution in [2.75, 3.05) is 43.1 Å². The van der Waals surface area contributed by atoms with Crippen LogP contribution in [0.15, 0.2) is 42.6 Å². The van der Waals surface area contributed by atoms with Gasteiger partial charge >= 0.3 is 0 Å². The first-order chi connectivity index (χ1) is 12.4. The predicted molar refractivity (Wildman–Crippen MR) is 105 cm³/mol. The summed E-state index contributed by atoms with van der Waals surface area (Å²) in [6.07, 6.45) is 2.63. The van der Waals surface area contributed by atoms with Gasteiger partial charge in [0.05, 0.1) is 0 Å². The van der Waals surface area contributed by atoms with Crippen LogP contribution in [0, 0.1) is 0 Å². The van der Waals surface area contributed by atoms with Crippen molar-refractivity contribution in [3.05, 3.63) is 48.3 Å². The summed E-state index contributed by atoms with van der Waals surface area (Å²) < 4.78 is 0. The molecule has 0 unspecified atom stereocenters. The molecule has 26 heavy (non-hydrogen) atoms. The Hall–Kier alpha value is -2.93. The summed E-state index contributed by atoms with van der Waals surface area (Å²) in [6.45, 7) is 3.27. The molecule has 0 fully saturated rings. The molecular weight excluding hydrogens is 330 g/mol. The Balaban J connectivity index is 1.92. The molecule has 1 aromatic heterocycles. The van der Waals surface area contributed by atoms with Crippen molar-refractivity contribution in [1.29, 1.82) is 0 Å². The molecule has 1 heterocycles. The molecule has 7 heteroatoms. The van der Waals surface area contributed by atoms with Gasteiger partial charge in [0, 0.05) is 36.7 Å². The normalized spacial score (nSPS) is 10.5. The van der Waals surface area contributed by atoms with Crippen LogP contribution in [-0.4, -0.2) is 48.9 Å². The number of nitrogens with zero attached hydrogens (tertiary/aromatic N) is 2. The lowest BCUT2D eigenvalue weighted by Gasteiger charge is -2.11. The van der Waals surface area contributed by atoms with Crippen LogP contribution < -0.4 is 16.0 Å². The molecule has 3 N–H and O–H groups in total. The number of amides is 2. The van der Waals surface area contributed by atoms with Gasteiger partial charge in [0.25, 0.3) is 5.91 Å². The maximum Gasteiger partial charge on any atom is 0.274 e. The summed E-state index contributed by atoms with van der Waals surface area (Å²) in [5.41, 5.74) is 2.52. The van der Waals surface area contributed by atoms with Gasteiger partial charge < -0.3 is 20.9 Å². The molecule has 0 atom stereocenters. The summed E-state index contributed by atoms with van der Waals surface area (Å²) in [5.74, 6) is -0.421. The maximum absolute atomic E-state index is 12.4. The van der Waals surface area contributed by atoms with Crippen molar-refractivity contribution >= 4 is 28.9 Å². The second-order valence-electron chi connectivity index (χ2n) is 6.23. The topological polar surface area (TPSA) is 86.4 Å². The van der Waals surface area contributed by atoms with Crippen molar-refractivity contribution in [1.82, 2.24) is 9.88 Å². The largest absolute Gasteiger partial charge is 0.385 e. The van der Waals surface area contributed by atoms with E-state index in [0.29, 0.717) is 17.1 Å². The number of benzene rings is 1. The van der Waals surface area contributed by atoms with Crippen LogP contribution in [-0.2, 0) is 4.79 Å². The average molecular weight is 355 g/mol. The van der Waals surface area contributed by atoms with Crippen LogP contribution in [0.2, 0.25) is 0 Å². The molecule has 0 radical (unpaired) electrons. The fourth-order valence-corrected chi connectivity index (χ4v) is 2.33. The zero-order valence-corrected chi connectivity index (χ0v) is 15.4. The molecule has 2 aromatic rings. The monoisotopic (exact) mass is 355 g/mol. The summed E-state index contributed by atoms with van der Waals surface area (Å²) in [5, 5.41) is 8.78. The minimum atomic E-state index is -0.283. The van der Waals surface area contributed by atoms with Gasteiger partial charge in [-0.1, -0.05) is 0 Å². The fraction of sp³-hybridized carbons (Fsp3) is 0.316. The predicted octanol–water partition coefficient (Wildman–Crippen LogP) is 2.66. The first-order valence-corrected chi connectivity index (χ1v) is 8.47. The SMILES string of the molecule is CC(=O)Nc1ccc(NC(=O)c2cc(NCCCN(C)C)ccn2)cc1. The van der Waals surface area contributed by atoms with E-state index >= 15 is 0 Å². The van der Waals surface area contributed by atoms with E-state index < -0.39 is 0 Å². The molecule has 0 spiro atoms. The summed E-state index contributed by atoms with van der Waals surface area (Å²) in [6, 6.07) is 10.5. The molecule has 0 bridgehead atoms. The van der Waals surface area contributed by atoms with Gasteiger partial charge in [-0.05, 0) is 63.5 Å². The summed E-state index contributed by atoms with van der Waals surface area (Å²) >= 11 is 0. The Bertz CT molecular complexity index is 744. The first-order valence-electron chi connectivity index (χ1n) is 8.47. The third kappa shape index (κ3) is 6.52. The number of hydrogen-bond acceptors (Lipinski definition) is 5. The smallest absolute Gasteiger partial charge is 0.274 e. The van der Waals surface area contributed by atoms with Gasteiger partial charge in [0.2, 0.25) is 5.91 Å². The molecule has 0 saturated heterocycles. The van der Waals surface area contributed by atoms with Crippen LogP contribution in [0.25, 0.3) is 0 Å². The van der Waals surface area contributed by atoms with Crippen LogP contribution in [0.1, 0.15) is 23.8 Å². The van der Waals surface area contributed by atoms with Crippen LogP contribution in [0.4, 0.5) is 17.1 Å². The third-order valence-electron chi connectivity index (χ3n) is 3.57. The summed E-state index contributed by atoms with van der Waals surface area (Å²) in [4.78, 5) is 29.7. The Morgan fingerprint density at radius 3 is 2.27 bits per heavy atom. The van der Waals surface area contributed by atoms with Gasteiger partial charge in [-0.2, -0.15) is 0 Å². The zero-order chi connectivity index (χ0) is 18.9. The molecular formula is C19H25N5O2. The number of pyridine rings is 1. The van der Waals surface area contributed by atoms with E-state index in [1.165, 1.54) is 6.92 Å². The van der Waals surface area contributed by atoms with Crippen molar-refractivity contribution in [2.45, 2.75) is 13.3 Å². The highest BCUT2D eigenvalue weighted by atomic mass is 16.2. The second-order valence-corrected chi connectivity index (χ2v) is 6.23. The average Bonchev–Trinajstić information content (AvgIpc) is 2.60. The van der Waals surface area contributed by atoms with Gasteiger partial charge in [-0.25, -0.2) is 0 Å². The molecule has 0 saturated carbocycles. The van der Waals surface area contributed by atoms with Gasteiger partial charge in [0.15, 0.2) is 0 Å². The number of nitrogens with one attached hydrogen (secondary N) is 3. The quantitative estimate of drug-likeness (QED) is 0.634. The number of carbonyl (C=O) groups is 2. The highest BCUT2D eigenvalue weighted by molar-refractivity contribution is 6.03. The first kappa shape index (κ1) is 19.4. The molecule has 7 nitrogen and oxygen atoms in total. The molecule has 1 aromatic carbocycles. The molecule has 0 aliphatic carbocycles. The van der Waals surface area contributed by atoms with Crippen molar-refractivity contribution in [3.63, 3.8) is 0 Å². The molecule has 2 amide bonds. The minimum Gasteiger partial charge on any atom is -0.385 e. The van der Waals surface area contributed by atoms with E-state index in [4.69, 9.17) is 0 Å². The lowest BCUT2D eigenvalue weighted by molar-refractivity contribution is -0.114. The fourth-order valence-electron chi connectivity index (χ4n) is 2.33. The molecule has 2 rings (SSSR count). The third-order valence-corrected chi connectivity index (χ3v) is 3.57. The Morgan fingerprint density at radius 1 is 1.00 bits per heavy atom. The lowest BCUT2D eigenvalue weighted by Crippen LogP contribution is -2.17. The number of aromatic nitrogens is 1. The van der Waals surface area contributed by atoms with Crippen LogP contribution >= 0.6 is 0 Å². The van der Waals surface area contributed by atoms with E-state index in [0.717, 1.165) is 25.2 Å². The molecule has 0 aliphatic rings. The van der Waals surface area contributed by atoms with Crippen molar-refractivity contribution in [3.8, 4) is 0 Å². The number of anilines is 3. The Kier molecular flexibility index (Phi) is 7.11. The standard InChI is InChI=1S/C19H25N5O2/c1-14(25)22-15-5-7-16(8-6-15)23-19(26)18-13-17(9-11-21-18)20-10-4-12-24(2)3/h5-9,11,13H,4,10,12H2,1-3H3,(H,20,21)(H,22,25)(H,23,26). The highest BCUT2D eigenvalue weighted by Crippen LogP contribution is 2.15. The number of rotatable bonds is 8. The Labute approximate surface area is 153 Å². The van der Waals surface area contributed by atoms with Gasteiger partial charge in [-0.15, -0.1) is 0 Å².